The van der Waals surface area contributed by atoms with E-state index < -0.39 is 0 Å². The first-order chi connectivity index (χ1) is 2.77. The van der Waals surface area contributed by atoms with Crippen LogP contribution in [-0.2, 0) is 0 Å². The molecule has 0 aromatic carbocycles. The van der Waals surface area contributed by atoms with Gasteiger partial charge < -0.3 is 0 Å². The Morgan fingerprint density at radius 1 is 2.20 bits per heavy atom. The van der Waals surface area contributed by atoms with E-state index in [-0.39, 0.29) is 0 Å². The van der Waals surface area contributed by atoms with Gasteiger partial charge in [0.25, 0.3) is 0 Å². The molecule has 0 unspecified atom stereocenters. The highest BCUT2D eigenvalue weighted by Gasteiger charge is 1.67. The zero-order valence-corrected chi connectivity index (χ0v) is 4.97. The molecule has 0 amide bonds. The van der Waals surface area contributed by atoms with Crippen LogP contribution in [0.4, 0.5) is 0 Å². The van der Waals surface area contributed by atoms with Gasteiger partial charge in [0.05, 0.1) is 0 Å². The minimum Gasteiger partial charge on any atom is -0.261 e. The van der Waals surface area contributed by atoms with E-state index in [9.17, 15) is 0 Å². The average Bonchev–Trinajstić information content (AvgIpc) is 1.35. The molecule has 1 nitrogen and oxygen atoms in total. The molecule has 0 aromatic rings. The van der Waals surface area contributed by atoms with Gasteiger partial charge in [0, 0.05) is 29.4 Å². The van der Waals surface area contributed by atoms with Crippen molar-refractivity contribution in [1.29, 1.82) is 0 Å². The third-order valence-corrected chi connectivity index (χ3v) is 0.696. The number of hydrogen-bond acceptors (Lipinski definition) is 1. The highest BCUT2D eigenvalue weighted by Crippen LogP contribution is 1.70. The van der Waals surface area contributed by atoms with E-state index >= 15 is 0 Å². The van der Waals surface area contributed by atoms with Crippen molar-refractivity contribution in [2.75, 3.05) is 6.54 Å². The van der Waals surface area contributed by atoms with Gasteiger partial charge in [0.1, 0.15) is 1.41 Å². The highest BCUT2D eigenvalue weighted by molar-refractivity contribution is 14.1. The van der Waals surface area contributed by atoms with Gasteiger partial charge in [-0.1, -0.05) is 0 Å². The minimum absolute atomic E-state index is 0.562. The molecule has 2 radical (unpaired) electrons. The number of rotatable bonds is 2. The lowest BCUT2D eigenvalue weighted by Gasteiger charge is -1.81. The van der Waals surface area contributed by atoms with Crippen LogP contribution in [0.1, 0.15) is 6.42 Å². The van der Waals surface area contributed by atoms with Crippen molar-refractivity contribution in [2.45, 2.75) is 6.42 Å². The first-order valence-electron chi connectivity index (χ1n) is 1.84. The van der Waals surface area contributed by atoms with Crippen LogP contribution in [0.3, 0.4) is 0 Å². The van der Waals surface area contributed by atoms with Crippen LogP contribution in [0, 0.1) is 6.92 Å². The van der Waals surface area contributed by atoms with Crippen molar-refractivity contribution in [3.8, 4) is 0 Å². The van der Waals surface area contributed by atoms with E-state index in [0.29, 0.717) is 13.0 Å². The second-order valence-corrected chi connectivity index (χ2v) is 1.31. The third kappa shape index (κ3) is 4.69. The summed E-state index contributed by atoms with van der Waals surface area (Å²) in [6.45, 7) is 5.70. The van der Waals surface area contributed by atoms with Crippen LogP contribution in [0.25, 0.3) is 0 Å². The molecule has 0 aliphatic heterocycles. The molecule has 0 spiro atoms. The van der Waals surface area contributed by atoms with Crippen molar-refractivity contribution >= 4 is 22.9 Å². The summed E-state index contributed by atoms with van der Waals surface area (Å²) in [6.07, 6.45) is 0.562. The van der Waals surface area contributed by atoms with Crippen molar-refractivity contribution in [3.63, 3.8) is 0 Å². The molecular formula is C3H6IN. The van der Waals surface area contributed by atoms with E-state index in [0.717, 1.165) is 0 Å². The van der Waals surface area contributed by atoms with Crippen LogP contribution in [0.5, 0.6) is 0 Å². The Hall–Kier alpha value is 0.690. The van der Waals surface area contributed by atoms with Crippen LogP contribution in [0.2, 0.25) is 1.41 Å². The summed E-state index contributed by atoms with van der Waals surface area (Å²) in [5.41, 5.74) is 0. The van der Waals surface area contributed by atoms with Crippen molar-refractivity contribution < 1.29 is 1.41 Å². The molecule has 0 aliphatic rings. The second kappa shape index (κ2) is 4.69. The summed E-state index contributed by atoms with van der Waals surface area (Å²) in [7, 11) is 0. The maximum atomic E-state index is 6.72. The fourth-order valence-corrected chi connectivity index (χ4v) is 0.327. The summed E-state index contributed by atoms with van der Waals surface area (Å²) in [4.78, 5) is 0. The van der Waals surface area contributed by atoms with E-state index in [1.165, 1.54) is 3.52 Å². The molecule has 1 N–H and O–H groups in total. The lowest BCUT2D eigenvalue weighted by atomic mass is 10.5. The lowest BCUT2D eigenvalue weighted by Crippen LogP contribution is -1.95. The maximum Gasteiger partial charge on any atom is 0.134 e. The van der Waals surface area contributed by atoms with Gasteiger partial charge in [0.15, 0.2) is 0 Å². The minimum atomic E-state index is 0.562. The van der Waals surface area contributed by atoms with Crippen LogP contribution in [-0.4, -0.2) is 6.54 Å². The highest BCUT2D eigenvalue weighted by atomic mass is 127. The first kappa shape index (κ1) is 3.87. The summed E-state index contributed by atoms with van der Waals surface area (Å²) in [5.74, 6) is 0. The van der Waals surface area contributed by atoms with Crippen LogP contribution < -0.4 is 3.52 Å². The Morgan fingerprint density at radius 3 is 2.80 bits per heavy atom. The van der Waals surface area contributed by atoms with Gasteiger partial charge in [-0.25, -0.2) is 0 Å². The van der Waals surface area contributed by atoms with E-state index in [2.05, 4.69) is 0 Å². The standard InChI is InChI=1S/C3H6IN/c1-2-3-5-4/h1,5H,2-3H2/i/hT. The second-order valence-electron chi connectivity index (χ2n) is 0.632. The smallest absolute Gasteiger partial charge is 0.134 e. The fraction of sp³-hybridized carbons (Fsp3) is 0.667. The van der Waals surface area contributed by atoms with Crippen LogP contribution in [0.15, 0.2) is 0 Å². The molecular weight excluding hydrogens is 177 g/mol. The zero-order chi connectivity index (χ0) is 4.99. The molecule has 0 saturated heterocycles. The summed E-state index contributed by atoms with van der Waals surface area (Å²) in [5, 5.41) is 0. The maximum absolute atomic E-state index is 6.72. The molecule has 0 heterocycles. The molecule has 5 heavy (non-hydrogen) atoms. The molecule has 0 aromatic heterocycles. The van der Waals surface area contributed by atoms with E-state index in [1.54, 1.807) is 0 Å². The average molecular weight is 185 g/mol. The monoisotopic (exact) mass is 185 g/mol. The molecule has 0 rings (SSSR count). The van der Waals surface area contributed by atoms with Gasteiger partial charge in [-0.15, -0.1) is 0 Å². The normalized spacial score (nSPS) is 12.2. The fourth-order valence-electron chi connectivity index (χ4n) is 0.0488. The van der Waals surface area contributed by atoms with Crippen molar-refractivity contribution in [1.82, 2.24) is 3.52 Å². The lowest BCUT2D eigenvalue weighted by molar-refractivity contribution is 0.964. The Kier molecular flexibility index (Phi) is 3.63. The predicted molar refractivity (Wildman–Crippen MR) is 30.9 cm³/mol. The summed E-state index contributed by atoms with van der Waals surface area (Å²) >= 11 is 1.86. The Labute approximate surface area is 48.1 Å². The number of hydrogen-bond donors (Lipinski definition) is 1. The SMILES string of the molecule is [3H]N(I)CC[CH]. The molecule has 0 atom stereocenters. The van der Waals surface area contributed by atoms with E-state index in [1.807, 2.05) is 22.9 Å². The van der Waals surface area contributed by atoms with Crippen molar-refractivity contribution in [2.24, 2.45) is 0 Å². The Balaban J connectivity index is 2.63. The number of nitrogens with one attached hydrogen (secondary N) is 1. The van der Waals surface area contributed by atoms with Crippen LogP contribution >= 0.6 is 22.9 Å². The van der Waals surface area contributed by atoms with Gasteiger partial charge in [-0.3, -0.25) is 3.52 Å². The zero-order valence-electron chi connectivity index (χ0n) is 3.82. The molecule has 0 saturated carbocycles. The van der Waals surface area contributed by atoms with Gasteiger partial charge >= 0.3 is 0 Å². The Morgan fingerprint density at radius 2 is 2.80 bits per heavy atom. The van der Waals surface area contributed by atoms with E-state index in [4.69, 9.17) is 8.34 Å². The summed E-state index contributed by atoms with van der Waals surface area (Å²) < 4.78 is 7.99. The Bertz CT molecular complexity index is 32.0. The first-order valence-corrected chi connectivity index (χ1v) is 2.36. The molecule has 2 heteroatoms. The van der Waals surface area contributed by atoms with Crippen molar-refractivity contribution in [3.05, 3.63) is 6.92 Å². The topological polar surface area (TPSA) is 12.0 Å². The molecule has 30 valence electrons. The molecule has 0 fully saturated rings. The summed E-state index contributed by atoms with van der Waals surface area (Å²) in [6, 6.07) is 0. The number of halogens is 1. The molecule has 0 aliphatic carbocycles. The molecule has 0 bridgehead atoms. The predicted octanol–water partition coefficient (Wildman–Crippen LogP) is 1.03. The van der Waals surface area contributed by atoms with Gasteiger partial charge in [-0.05, 0) is 13.3 Å². The van der Waals surface area contributed by atoms with Gasteiger partial charge in [-0.2, -0.15) is 0 Å². The third-order valence-electron chi connectivity index (χ3n) is 0.214. The van der Waals surface area contributed by atoms with Gasteiger partial charge in [0.2, 0.25) is 0 Å². The largest absolute Gasteiger partial charge is 0.261 e. The quantitative estimate of drug-likeness (QED) is 0.500.